The number of hydrogen-bond acceptors (Lipinski definition) is 4. The molecule has 0 unspecified atom stereocenters. The molecule has 8 heteroatoms. The molecule has 0 spiro atoms. The van der Waals surface area contributed by atoms with Gasteiger partial charge in [0, 0.05) is 18.5 Å². The van der Waals surface area contributed by atoms with Gasteiger partial charge in [-0.05, 0) is 26.3 Å². The molecule has 1 N–H and O–H groups in total. The summed E-state index contributed by atoms with van der Waals surface area (Å²) in [4.78, 5) is 18.2. The van der Waals surface area contributed by atoms with Crippen molar-refractivity contribution >= 4 is 17.2 Å². The average Bonchev–Trinajstić information content (AvgIpc) is 2.81. The minimum absolute atomic E-state index is 0.374. The van der Waals surface area contributed by atoms with Gasteiger partial charge in [-0.25, -0.2) is 4.98 Å². The van der Waals surface area contributed by atoms with E-state index in [0.717, 1.165) is 23.7 Å². The Hall–Kier alpha value is -1.15. The fraction of sp³-hybridized carbons (Fsp3) is 0.692. The zero-order valence-corrected chi connectivity index (χ0v) is 12.6. The normalized spacial score (nSPS) is 20.5. The van der Waals surface area contributed by atoms with Crippen LogP contribution in [0.5, 0.6) is 0 Å². The number of halogens is 3. The topological polar surface area (TPSA) is 45.2 Å². The monoisotopic (exact) mass is 321 g/mol. The van der Waals surface area contributed by atoms with Gasteiger partial charge in [0.2, 0.25) is 5.91 Å². The highest BCUT2D eigenvalue weighted by Crippen LogP contribution is 2.20. The van der Waals surface area contributed by atoms with Crippen molar-refractivity contribution in [1.82, 2.24) is 15.2 Å². The van der Waals surface area contributed by atoms with E-state index in [9.17, 15) is 18.0 Å². The predicted octanol–water partition coefficient (Wildman–Crippen LogP) is 2.34. The SMILES string of the molecule is Cc1nc(CN2CCC[C@H](C(=O)NCC(F)(F)F)C2)cs1. The Morgan fingerprint density at radius 3 is 2.95 bits per heavy atom. The number of carbonyl (C=O) groups excluding carboxylic acids is 1. The molecule has 1 aromatic rings. The Bertz CT molecular complexity index is 489. The molecule has 1 aliphatic rings. The summed E-state index contributed by atoms with van der Waals surface area (Å²) in [7, 11) is 0. The fourth-order valence-electron chi connectivity index (χ4n) is 2.45. The molecule has 2 rings (SSSR count). The molecular formula is C13H18F3N3OS. The Morgan fingerprint density at radius 1 is 1.57 bits per heavy atom. The van der Waals surface area contributed by atoms with E-state index < -0.39 is 18.6 Å². The molecule has 1 fully saturated rings. The number of alkyl halides is 3. The van der Waals surface area contributed by atoms with Gasteiger partial charge in [0.15, 0.2) is 0 Å². The standard InChI is InChI=1S/C13H18F3N3OS/c1-9-18-11(7-21-9)6-19-4-2-3-10(5-19)12(20)17-8-13(14,15)16/h7,10H,2-6,8H2,1H3,(H,17,20)/t10-/m0/s1. The van der Waals surface area contributed by atoms with Crippen LogP contribution in [0.15, 0.2) is 5.38 Å². The molecule has 0 aliphatic carbocycles. The van der Waals surface area contributed by atoms with Crippen LogP contribution in [-0.4, -0.2) is 41.6 Å². The molecule has 0 aromatic carbocycles. The van der Waals surface area contributed by atoms with Crippen LogP contribution in [0.2, 0.25) is 0 Å². The summed E-state index contributed by atoms with van der Waals surface area (Å²) in [6.07, 6.45) is -2.91. The lowest BCUT2D eigenvalue weighted by Crippen LogP contribution is -2.44. The number of aromatic nitrogens is 1. The first kappa shape index (κ1) is 16.2. The van der Waals surface area contributed by atoms with Gasteiger partial charge in [-0.15, -0.1) is 11.3 Å². The molecule has 1 atom stereocenters. The third-order valence-electron chi connectivity index (χ3n) is 3.39. The molecule has 1 amide bonds. The van der Waals surface area contributed by atoms with E-state index in [1.807, 2.05) is 17.6 Å². The van der Waals surface area contributed by atoms with E-state index in [4.69, 9.17) is 0 Å². The zero-order chi connectivity index (χ0) is 15.5. The molecule has 0 radical (unpaired) electrons. The summed E-state index contributed by atoms with van der Waals surface area (Å²) in [6, 6.07) is 0. The molecule has 1 aromatic heterocycles. The molecule has 1 saturated heterocycles. The molecular weight excluding hydrogens is 303 g/mol. The second-order valence-electron chi connectivity index (χ2n) is 5.27. The number of hydrogen-bond donors (Lipinski definition) is 1. The van der Waals surface area contributed by atoms with Gasteiger partial charge in [0.25, 0.3) is 0 Å². The number of likely N-dealkylation sites (tertiary alicyclic amines) is 1. The van der Waals surface area contributed by atoms with Crippen LogP contribution >= 0.6 is 11.3 Å². The number of rotatable bonds is 4. The van der Waals surface area contributed by atoms with Crippen LogP contribution in [-0.2, 0) is 11.3 Å². The van der Waals surface area contributed by atoms with Gasteiger partial charge in [-0.2, -0.15) is 13.2 Å². The minimum atomic E-state index is -4.36. The van der Waals surface area contributed by atoms with Crippen molar-refractivity contribution in [3.8, 4) is 0 Å². The third kappa shape index (κ3) is 5.28. The average molecular weight is 321 g/mol. The van der Waals surface area contributed by atoms with Gasteiger partial charge >= 0.3 is 6.18 Å². The molecule has 4 nitrogen and oxygen atoms in total. The number of nitrogens with one attached hydrogen (secondary N) is 1. The molecule has 0 bridgehead atoms. The van der Waals surface area contributed by atoms with Gasteiger partial charge in [0.05, 0.1) is 16.6 Å². The number of thiazole rings is 1. The molecule has 1 aliphatic heterocycles. The van der Waals surface area contributed by atoms with Crippen molar-refractivity contribution in [2.24, 2.45) is 5.92 Å². The lowest BCUT2D eigenvalue weighted by molar-refractivity contribution is -0.141. The van der Waals surface area contributed by atoms with E-state index in [-0.39, 0.29) is 5.92 Å². The van der Waals surface area contributed by atoms with Crippen molar-refractivity contribution < 1.29 is 18.0 Å². The van der Waals surface area contributed by atoms with E-state index in [2.05, 4.69) is 9.88 Å². The summed E-state index contributed by atoms with van der Waals surface area (Å²) in [5.74, 6) is -0.882. The highest BCUT2D eigenvalue weighted by atomic mass is 32.1. The Labute approximate surface area is 125 Å². The van der Waals surface area contributed by atoms with E-state index in [1.165, 1.54) is 0 Å². The quantitative estimate of drug-likeness (QED) is 0.926. The second kappa shape index (κ2) is 6.74. The Balaban J connectivity index is 1.84. The number of amides is 1. The number of nitrogens with zero attached hydrogens (tertiary/aromatic N) is 2. The largest absolute Gasteiger partial charge is 0.405 e. The highest BCUT2D eigenvalue weighted by molar-refractivity contribution is 7.09. The molecule has 0 saturated carbocycles. The van der Waals surface area contributed by atoms with Gasteiger partial charge in [0.1, 0.15) is 6.54 Å². The van der Waals surface area contributed by atoms with E-state index >= 15 is 0 Å². The van der Waals surface area contributed by atoms with Crippen LogP contribution in [0, 0.1) is 12.8 Å². The van der Waals surface area contributed by atoms with Crippen LogP contribution in [0.25, 0.3) is 0 Å². The van der Waals surface area contributed by atoms with Crippen molar-refractivity contribution in [2.45, 2.75) is 32.5 Å². The fourth-order valence-corrected chi connectivity index (χ4v) is 3.06. The minimum Gasteiger partial charge on any atom is -0.347 e. The van der Waals surface area contributed by atoms with Crippen LogP contribution in [0.1, 0.15) is 23.5 Å². The van der Waals surface area contributed by atoms with Crippen LogP contribution in [0.3, 0.4) is 0 Å². The molecule has 118 valence electrons. The summed E-state index contributed by atoms with van der Waals surface area (Å²) in [6.45, 7) is 2.65. The number of piperidine rings is 1. The number of aryl methyl sites for hydroxylation is 1. The third-order valence-corrected chi connectivity index (χ3v) is 4.21. The van der Waals surface area contributed by atoms with Crippen molar-refractivity contribution in [3.63, 3.8) is 0 Å². The lowest BCUT2D eigenvalue weighted by Gasteiger charge is -2.31. The van der Waals surface area contributed by atoms with Gasteiger partial charge in [-0.1, -0.05) is 0 Å². The number of carbonyl (C=O) groups is 1. The predicted molar refractivity (Wildman–Crippen MR) is 73.9 cm³/mol. The summed E-state index contributed by atoms with van der Waals surface area (Å²) >= 11 is 1.57. The zero-order valence-electron chi connectivity index (χ0n) is 11.7. The van der Waals surface area contributed by atoms with Crippen LogP contribution in [0.4, 0.5) is 13.2 Å². The Kier molecular flexibility index (Phi) is 5.21. The first-order valence-electron chi connectivity index (χ1n) is 6.81. The molecule has 2 heterocycles. The Morgan fingerprint density at radius 2 is 2.33 bits per heavy atom. The maximum Gasteiger partial charge on any atom is 0.405 e. The van der Waals surface area contributed by atoms with Crippen molar-refractivity contribution in [3.05, 3.63) is 16.1 Å². The molecule has 21 heavy (non-hydrogen) atoms. The van der Waals surface area contributed by atoms with E-state index in [1.54, 1.807) is 11.3 Å². The maximum absolute atomic E-state index is 12.1. The van der Waals surface area contributed by atoms with Gasteiger partial charge in [-0.3, -0.25) is 9.69 Å². The van der Waals surface area contributed by atoms with E-state index in [0.29, 0.717) is 19.5 Å². The summed E-state index contributed by atoms with van der Waals surface area (Å²) in [5, 5.41) is 4.94. The van der Waals surface area contributed by atoms with Crippen molar-refractivity contribution in [2.75, 3.05) is 19.6 Å². The van der Waals surface area contributed by atoms with Gasteiger partial charge < -0.3 is 5.32 Å². The lowest BCUT2D eigenvalue weighted by atomic mass is 9.97. The maximum atomic E-state index is 12.1. The van der Waals surface area contributed by atoms with Crippen molar-refractivity contribution in [1.29, 1.82) is 0 Å². The highest BCUT2D eigenvalue weighted by Gasteiger charge is 2.31. The summed E-state index contributed by atoms with van der Waals surface area (Å²) < 4.78 is 36.4. The second-order valence-corrected chi connectivity index (χ2v) is 6.33. The smallest absolute Gasteiger partial charge is 0.347 e. The van der Waals surface area contributed by atoms with Crippen LogP contribution < -0.4 is 5.32 Å². The first-order chi connectivity index (χ1) is 9.83. The summed E-state index contributed by atoms with van der Waals surface area (Å²) in [5.41, 5.74) is 0.953. The first-order valence-corrected chi connectivity index (χ1v) is 7.69.